The van der Waals surface area contributed by atoms with E-state index in [1.165, 1.54) is 36.4 Å². The Morgan fingerprint density at radius 2 is 1.77 bits per heavy atom. The lowest BCUT2D eigenvalue weighted by atomic mass is 10.2. The highest BCUT2D eigenvalue weighted by atomic mass is 32.2. The van der Waals surface area contributed by atoms with Crippen molar-refractivity contribution in [2.45, 2.75) is 18.0 Å². The van der Waals surface area contributed by atoms with Crippen LogP contribution in [0.15, 0.2) is 42.5 Å². The SMILES string of the molecule is O=S(=O)(Cc1ccc(F)cc1)N1CC(Oc2cccc(C(F)(F)F)n2)C1. The average Bonchev–Trinajstić information content (AvgIpc) is 2.52. The van der Waals surface area contributed by atoms with Crippen LogP contribution in [0.1, 0.15) is 11.3 Å². The maximum atomic E-state index is 12.9. The molecule has 0 aliphatic carbocycles. The first-order chi connectivity index (χ1) is 12.1. The van der Waals surface area contributed by atoms with E-state index in [9.17, 15) is 26.0 Å². The Hall–Kier alpha value is -2.20. The number of ether oxygens (including phenoxy) is 1. The normalized spacial score (nSPS) is 16.3. The molecule has 1 saturated heterocycles. The van der Waals surface area contributed by atoms with Crippen molar-refractivity contribution in [2.24, 2.45) is 0 Å². The van der Waals surface area contributed by atoms with Crippen molar-refractivity contribution in [2.75, 3.05) is 13.1 Å². The van der Waals surface area contributed by atoms with E-state index in [0.29, 0.717) is 5.56 Å². The number of hydrogen-bond acceptors (Lipinski definition) is 4. The minimum Gasteiger partial charge on any atom is -0.472 e. The summed E-state index contributed by atoms with van der Waals surface area (Å²) < 4.78 is 81.7. The van der Waals surface area contributed by atoms with Gasteiger partial charge in [0.25, 0.3) is 0 Å². The van der Waals surface area contributed by atoms with Gasteiger partial charge in [0.05, 0.1) is 18.8 Å². The molecule has 0 unspecified atom stereocenters. The molecular formula is C16H14F4N2O3S. The molecule has 2 heterocycles. The molecular weight excluding hydrogens is 376 g/mol. The number of halogens is 4. The summed E-state index contributed by atoms with van der Waals surface area (Å²) in [5, 5.41) is 0. The second kappa shape index (κ2) is 6.84. The Labute approximate surface area is 147 Å². The minimum absolute atomic E-state index is 0.0153. The van der Waals surface area contributed by atoms with Crippen LogP contribution in [0.25, 0.3) is 0 Å². The second-order valence-corrected chi connectivity index (χ2v) is 7.77. The van der Waals surface area contributed by atoms with E-state index >= 15 is 0 Å². The van der Waals surface area contributed by atoms with Gasteiger partial charge in [-0.05, 0) is 23.8 Å². The van der Waals surface area contributed by atoms with E-state index < -0.39 is 33.8 Å². The Bertz CT molecular complexity index is 879. The molecule has 0 amide bonds. The van der Waals surface area contributed by atoms with Crippen LogP contribution in [0.5, 0.6) is 5.88 Å². The fourth-order valence-corrected chi connectivity index (χ4v) is 3.98. The average molecular weight is 390 g/mol. The Kier molecular flexibility index (Phi) is 4.89. The number of nitrogens with zero attached hydrogens (tertiary/aromatic N) is 2. The van der Waals surface area contributed by atoms with Crippen LogP contribution in [0.2, 0.25) is 0 Å². The molecule has 1 aliphatic rings. The zero-order valence-corrected chi connectivity index (χ0v) is 14.1. The van der Waals surface area contributed by atoms with E-state index in [4.69, 9.17) is 4.74 Å². The van der Waals surface area contributed by atoms with Crippen molar-refractivity contribution in [1.82, 2.24) is 9.29 Å². The first-order valence-electron chi connectivity index (χ1n) is 7.57. The van der Waals surface area contributed by atoms with Gasteiger partial charge in [-0.2, -0.15) is 17.5 Å². The van der Waals surface area contributed by atoms with Crippen LogP contribution >= 0.6 is 0 Å². The molecule has 1 aromatic heterocycles. The summed E-state index contributed by atoms with van der Waals surface area (Å²) in [6, 6.07) is 8.39. The second-order valence-electron chi connectivity index (χ2n) is 5.80. The molecule has 10 heteroatoms. The largest absolute Gasteiger partial charge is 0.472 e. The molecule has 0 bridgehead atoms. The number of hydrogen-bond donors (Lipinski definition) is 0. The number of sulfonamides is 1. The summed E-state index contributed by atoms with van der Waals surface area (Å²) in [5.41, 5.74) is -0.634. The highest BCUT2D eigenvalue weighted by Crippen LogP contribution is 2.29. The molecule has 0 spiro atoms. The first kappa shape index (κ1) is 18.6. The summed E-state index contributed by atoms with van der Waals surface area (Å²) in [6.07, 6.45) is -5.15. The van der Waals surface area contributed by atoms with Crippen LogP contribution in [0, 0.1) is 5.82 Å². The predicted octanol–water partition coefficient (Wildman–Crippen LogP) is 2.83. The molecule has 1 fully saturated rings. The maximum absolute atomic E-state index is 12.9. The zero-order chi connectivity index (χ0) is 18.9. The van der Waals surface area contributed by atoms with Gasteiger partial charge in [-0.15, -0.1) is 0 Å². The third kappa shape index (κ3) is 4.31. The van der Waals surface area contributed by atoms with Gasteiger partial charge >= 0.3 is 6.18 Å². The third-order valence-electron chi connectivity index (χ3n) is 3.77. The van der Waals surface area contributed by atoms with Gasteiger partial charge in [0.1, 0.15) is 17.6 Å². The van der Waals surface area contributed by atoms with Gasteiger partial charge in [-0.3, -0.25) is 0 Å². The Morgan fingerprint density at radius 3 is 2.38 bits per heavy atom. The number of benzene rings is 1. The van der Waals surface area contributed by atoms with Gasteiger partial charge in [-0.25, -0.2) is 17.8 Å². The summed E-state index contributed by atoms with van der Waals surface area (Å²) >= 11 is 0. The molecule has 140 valence electrons. The van der Waals surface area contributed by atoms with Gasteiger partial charge in [-0.1, -0.05) is 18.2 Å². The van der Waals surface area contributed by atoms with Crippen LogP contribution in [0.3, 0.4) is 0 Å². The monoisotopic (exact) mass is 390 g/mol. The van der Waals surface area contributed by atoms with E-state index in [0.717, 1.165) is 10.4 Å². The van der Waals surface area contributed by atoms with Crippen molar-refractivity contribution in [3.63, 3.8) is 0 Å². The smallest absolute Gasteiger partial charge is 0.433 e. The Morgan fingerprint density at radius 1 is 1.12 bits per heavy atom. The quantitative estimate of drug-likeness (QED) is 0.737. The topological polar surface area (TPSA) is 59.5 Å². The summed E-state index contributed by atoms with van der Waals surface area (Å²) in [6.45, 7) is 0.0307. The molecule has 26 heavy (non-hydrogen) atoms. The molecule has 0 saturated carbocycles. The molecule has 0 radical (unpaired) electrons. The van der Waals surface area contributed by atoms with E-state index in [1.807, 2.05) is 0 Å². The molecule has 1 aliphatic heterocycles. The molecule has 1 aromatic carbocycles. The van der Waals surface area contributed by atoms with E-state index in [2.05, 4.69) is 4.98 Å². The van der Waals surface area contributed by atoms with E-state index in [-0.39, 0.29) is 24.7 Å². The number of alkyl halides is 3. The van der Waals surface area contributed by atoms with Crippen LogP contribution in [-0.2, 0) is 22.0 Å². The summed E-state index contributed by atoms with van der Waals surface area (Å²) in [5.74, 6) is -0.959. The van der Waals surface area contributed by atoms with Crippen molar-refractivity contribution in [1.29, 1.82) is 0 Å². The van der Waals surface area contributed by atoms with Crippen molar-refractivity contribution < 1.29 is 30.7 Å². The summed E-state index contributed by atoms with van der Waals surface area (Å²) in [4.78, 5) is 3.38. The fraction of sp³-hybridized carbons (Fsp3) is 0.312. The minimum atomic E-state index is -4.58. The Balaban J connectivity index is 1.57. The van der Waals surface area contributed by atoms with Gasteiger partial charge in [0, 0.05) is 6.07 Å². The molecule has 3 rings (SSSR count). The maximum Gasteiger partial charge on any atom is 0.433 e. The number of pyridine rings is 1. The van der Waals surface area contributed by atoms with Gasteiger partial charge in [0.2, 0.25) is 15.9 Å². The fourth-order valence-electron chi connectivity index (χ4n) is 2.39. The lowest BCUT2D eigenvalue weighted by Crippen LogP contribution is -2.56. The van der Waals surface area contributed by atoms with E-state index in [1.54, 1.807) is 0 Å². The predicted molar refractivity (Wildman–Crippen MR) is 84.3 cm³/mol. The van der Waals surface area contributed by atoms with Crippen molar-refractivity contribution in [3.05, 3.63) is 59.5 Å². The molecule has 0 atom stereocenters. The molecule has 0 N–H and O–H groups in total. The number of aromatic nitrogens is 1. The third-order valence-corrected chi connectivity index (χ3v) is 5.55. The highest BCUT2D eigenvalue weighted by Gasteiger charge is 2.38. The summed E-state index contributed by atoms with van der Waals surface area (Å²) in [7, 11) is -3.62. The van der Waals surface area contributed by atoms with Gasteiger partial charge < -0.3 is 4.74 Å². The standard InChI is InChI=1S/C16H14F4N2O3S/c17-12-6-4-11(5-7-12)10-26(23,24)22-8-13(9-22)25-15-3-1-2-14(21-15)16(18,19)20/h1-7,13H,8-10H2. The highest BCUT2D eigenvalue weighted by molar-refractivity contribution is 7.88. The first-order valence-corrected chi connectivity index (χ1v) is 9.17. The zero-order valence-electron chi connectivity index (χ0n) is 13.3. The molecule has 5 nitrogen and oxygen atoms in total. The van der Waals surface area contributed by atoms with Gasteiger partial charge in [0.15, 0.2) is 0 Å². The number of rotatable bonds is 5. The van der Waals surface area contributed by atoms with Crippen LogP contribution in [-0.4, -0.2) is 36.9 Å². The van der Waals surface area contributed by atoms with Crippen molar-refractivity contribution in [3.8, 4) is 5.88 Å². The molecule has 2 aromatic rings. The van der Waals surface area contributed by atoms with Crippen LogP contribution in [0.4, 0.5) is 17.6 Å². The van der Waals surface area contributed by atoms with Crippen LogP contribution < -0.4 is 4.74 Å². The van der Waals surface area contributed by atoms with Crippen molar-refractivity contribution >= 4 is 10.0 Å². The lowest BCUT2D eigenvalue weighted by molar-refractivity contribution is -0.141. The lowest BCUT2D eigenvalue weighted by Gasteiger charge is -2.37.